The Kier molecular flexibility index (Phi) is 3.82. The summed E-state index contributed by atoms with van der Waals surface area (Å²) in [5.74, 6) is 0.197. The van der Waals surface area contributed by atoms with Crippen LogP contribution in [0.25, 0.3) is 0 Å². The van der Waals surface area contributed by atoms with Crippen molar-refractivity contribution in [2.24, 2.45) is 0 Å². The Bertz CT molecular complexity index is 394. The number of benzene rings is 1. The Labute approximate surface area is 104 Å². The molecular formula is C15H21NO. The molecule has 0 atom stereocenters. The van der Waals surface area contributed by atoms with Gasteiger partial charge in [0.25, 0.3) is 5.91 Å². The molecule has 0 heterocycles. The van der Waals surface area contributed by atoms with Crippen LogP contribution in [0.2, 0.25) is 0 Å². The molecule has 0 bridgehead atoms. The van der Waals surface area contributed by atoms with Gasteiger partial charge in [0, 0.05) is 18.2 Å². The average molecular weight is 231 g/mol. The molecular weight excluding hydrogens is 210 g/mol. The van der Waals surface area contributed by atoms with E-state index in [2.05, 4.69) is 6.92 Å². The average Bonchev–Trinajstić information content (AvgIpc) is 2.83. The zero-order valence-corrected chi connectivity index (χ0v) is 10.8. The fourth-order valence-corrected chi connectivity index (χ4v) is 2.73. The highest BCUT2D eigenvalue weighted by Crippen LogP contribution is 2.24. The van der Waals surface area contributed by atoms with Gasteiger partial charge in [-0.3, -0.25) is 4.79 Å². The van der Waals surface area contributed by atoms with Gasteiger partial charge in [-0.15, -0.1) is 0 Å². The van der Waals surface area contributed by atoms with Gasteiger partial charge >= 0.3 is 0 Å². The minimum absolute atomic E-state index is 0.197. The maximum absolute atomic E-state index is 12.4. The summed E-state index contributed by atoms with van der Waals surface area (Å²) in [7, 11) is 0. The third kappa shape index (κ3) is 2.68. The maximum Gasteiger partial charge on any atom is 0.254 e. The molecule has 1 amide bonds. The highest BCUT2D eigenvalue weighted by molar-refractivity contribution is 5.94. The van der Waals surface area contributed by atoms with E-state index >= 15 is 0 Å². The van der Waals surface area contributed by atoms with E-state index in [4.69, 9.17) is 0 Å². The van der Waals surface area contributed by atoms with Crippen molar-refractivity contribution in [2.45, 2.75) is 45.6 Å². The van der Waals surface area contributed by atoms with Gasteiger partial charge in [0.15, 0.2) is 0 Å². The van der Waals surface area contributed by atoms with Crippen LogP contribution in [0.15, 0.2) is 24.3 Å². The summed E-state index contributed by atoms with van der Waals surface area (Å²) in [4.78, 5) is 14.5. The van der Waals surface area contributed by atoms with E-state index in [1.807, 2.05) is 36.1 Å². The molecule has 0 N–H and O–H groups in total. The standard InChI is InChI=1S/C15H21NO/c1-3-16(14-9-4-5-10-14)15(17)13-8-6-7-12(2)11-13/h6-8,11,14H,3-5,9-10H2,1-2H3. The van der Waals surface area contributed by atoms with Gasteiger partial charge < -0.3 is 4.90 Å². The van der Waals surface area contributed by atoms with E-state index in [9.17, 15) is 4.79 Å². The lowest BCUT2D eigenvalue weighted by molar-refractivity contribution is 0.0693. The van der Waals surface area contributed by atoms with Crippen LogP contribution >= 0.6 is 0 Å². The lowest BCUT2D eigenvalue weighted by atomic mass is 10.1. The molecule has 0 saturated heterocycles. The second kappa shape index (κ2) is 5.35. The van der Waals surface area contributed by atoms with Gasteiger partial charge in [-0.25, -0.2) is 0 Å². The van der Waals surface area contributed by atoms with Crippen LogP contribution < -0.4 is 0 Å². The van der Waals surface area contributed by atoms with E-state index in [0.29, 0.717) is 6.04 Å². The zero-order chi connectivity index (χ0) is 12.3. The number of nitrogens with zero attached hydrogens (tertiary/aromatic N) is 1. The van der Waals surface area contributed by atoms with Gasteiger partial charge in [-0.2, -0.15) is 0 Å². The Morgan fingerprint density at radius 3 is 2.65 bits per heavy atom. The number of carbonyl (C=O) groups is 1. The largest absolute Gasteiger partial charge is 0.336 e. The van der Waals surface area contributed by atoms with E-state index in [1.54, 1.807) is 0 Å². The Balaban J connectivity index is 2.16. The fraction of sp³-hybridized carbons (Fsp3) is 0.533. The van der Waals surface area contributed by atoms with Crippen LogP contribution in [0.4, 0.5) is 0 Å². The summed E-state index contributed by atoms with van der Waals surface area (Å²) in [5, 5.41) is 0. The molecule has 1 fully saturated rings. The second-order valence-electron chi connectivity index (χ2n) is 4.90. The molecule has 2 rings (SSSR count). The SMILES string of the molecule is CCN(C(=O)c1cccc(C)c1)C1CCCC1. The normalized spacial score (nSPS) is 16.1. The second-order valence-corrected chi connectivity index (χ2v) is 4.90. The molecule has 0 radical (unpaired) electrons. The Hall–Kier alpha value is -1.31. The maximum atomic E-state index is 12.4. The van der Waals surface area contributed by atoms with Crippen LogP contribution in [0.1, 0.15) is 48.5 Å². The van der Waals surface area contributed by atoms with Crippen molar-refractivity contribution in [3.8, 4) is 0 Å². The van der Waals surface area contributed by atoms with Crippen molar-refractivity contribution in [3.63, 3.8) is 0 Å². The van der Waals surface area contributed by atoms with Crippen molar-refractivity contribution in [2.75, 3.05) is 6.54 Å². The number of carbonyl (C=O) groups excluding carboxylic acids is 1. The van der Waals surface area contributed by atoms with Crippen LogP contribution in [0, 0.1) is 6.92 Å². The molecule has 0 aromatic heterocycles. The van der Waals surface area contributed by atoms with E-state index in [0.717, 1.165) is 17.7 Å². The summed E-state index contributed by atoms with van der Waals surface area (Å²) >= 11 is 0. The van der Waals surface area contributed by atoms with Gasteiger partial charge in [0.2, 0.25) is 0 Å². The van der Waals surface area contributed by atoms with E-state index in [1.165, 1.54) is 25.7 Å². The van der Waals surface area contributed by atoms with Crippen LogP contribution in [-0.2, 0) is 0 Å². The molecule has 92 valence electrons. The molecule has 1 aromatic carbocycles. The molecule has 2 heteroatoms. The van der Waals surface area contributed by atoms with Crippen LogP contribution in [0.3, 0.4) is 0 Å². The molecule has 1 aliphatic rings. The summed E-state index contributed by atoms with van der Waals surface area (Å²) in [5.41, 5.74) is 1.98. The first-order valence-corrected chi connectivity index (χ1v) is 6.60. The minimum Gasteiger partial charge on any atom is -0.336 e. The molecule has 1 aromatic rings. The van der Waals surface area contributed by atoms with Crippen molar-refractivity contribution in [3.05, 3.63) is 35.4 Å². The highest BCUT2D eigenvalue weighted by Gasteiger charge is 2.25. The third-order valence-electron chi connectivity index (χ3n) is 3.63. The first-order valence-electron chi connectivity index (χ1n) is 6.60. The van der Waals surface area contributed by atoms with Gasteiger partial charge in [0.1, 0.15) is 0 Å². The lowest BCUT2D eigenvalue weighted by Gasteiger charge is -2.27. The number of amides is 1. The Morgan fingerprint density at radius 2 is 2.06 bits per heavy atom. The van der Waals surface area contributed by atoms with Crippen molar-refractivity contribution in [1.82, 2.24) is 4.90 Å². The summed E-state index contributed by atoms with van der Waals surface area (Å²) in [6.45, 7) is 4.92. The first-order chi connectivity index (χ1) is 8.22. The number of hydrogen-bond acceptors (Lipinski definition) is 1. The van der Waals surface area contributed by atoms with Gasteiger partial charge in [0.05, 0.1) is 0 Å². The quantitative estimate of drug-likeness (QED) is 0.780. The number of hydrogen-bond donors (Lipinski definition) is 0. The number of rotatable bonds is 3. The molecule has 0 unspecified atom stereocenters. The Morgan fingerprint density at radius 1 is 1.35 bits per heavy atom. The molecule has 1 aliphatic carbocycles. The predicted molar refractivity (Wildman–Crippen MR) is 70.1 cm³/mol. The van der Waals surface area contributed by atoms with Crippen molar-refractivity contribution in [1.29, 1.82) is 0 Å². The summed E-state index contributed by atoms with van der Waals surface area (Å²) in [6.07, 6.45) is 4.88. The fourth-order valence-electron chi connectivity index (χ4n) is 2.73. The third-order valence-corrected chi connectivity index (χ3v) is 3.63. The monoisotopic (exact) mass is 231 g/mol. The zero-order valence-electron chi connectivity index (χ0n) is 10.8. The molecule has 0 aliphatic heterocycles. The molecule has 17 heavy (non-hydrogen) atoms. The van der Waals surface area contributed by atoms with E-state index in [-0.39, 0.29) is 5.91 Å². The van der Waals surface area contributed by atoms with Gasteiger partial charge in [-0.05, 0) is 38.8 Å². The lowest BCUT2D eigenvalue weighted by Crippen LogP contribution is -2.38. The molecule has 1 saturated carbocycles. The first kappa shape index (κ1) is 12.2. The molecule has 2 nitrogen and oxygen atoms in total. The van der Waals surface area contributed by atoms with Crippen LogP contribution in [0.5, 0.6) is 0 Å². The number of aryl methyl sites for hydroxylation is 1. The van der Waals surface area contributed by atoms with E-state index < -0.39 is 0 Å². The molecule has 0 spiro atoms. The van der Waals surface area contributed by atoms with Gasteiger partial charge in [-0.1, -0.05) is 30.5 Å². The van der Waals surface area contributed by atoms with Crippen LogP contribution in [-0.4, -0.2) is 23.4 Å². The summed E-state index contributed by atoms with van der Waals surface area (Å²) < 4.78 is 0. The topological polar surface area (TPSA) is 20.3 Å². The smallest absolute Gasteiger partial charge is 0.254 e. The van der Waals surface area contributed by atoms with Crippen molar-refractivity contribution < 1.29 is 4.79 Å². The summed E-state index contributed by atoms with van der Waals surface area (Å²) in [6, 6.07) is 8.37. The van der Waals surface area contributed by atoms with Crippen molar-refractivity contribution >= 4 is 5.91 Å². The highest BCUT2D eigenvalue weighted by atomic mass is 16.2. The predicted octanol–water partition coefficient (Wildman–Crippen LogP) is 3.40. The minimum atomic E-state index is 0.197.